The number of aliphatic imine (C=N–C) groups is 1. The molecule has 1 aromatic carbocycles. The third kappa shape index (κ3) is 6.98. The van der Waals surface area contributed by atoms with Crippen LogP contribution in [0.1, 0.15) is 49.2 Å². The summed E-state index contributed by atoms with van der Waals surface area (Å²) < 4.78 is 46.9. The first-order valence-electron chi connectivity index (χ1n) is 12.5. The van der Waals surface area contributed by atoms with Gasteiger partial charge in [-0.1, -0.05) is 23.7 Å². The number of ether oxygens (including phenoxy) is 1. The molecule has 210 valence electrons. The first-order chi connectivity index (χ1) is 18.7. The van der Waals surface area contributed by atoms with Gasteiger partial charge in [0.2, 0.25) is 6.43 Å². The molecule has 4 rings (SSSR count). The fourth-order valence-electron chi connectivity index (χ4n) is 5.05. The van der Waals surface area contributed by atoms with Gasteiger partial charge in [-0.3, -0.25) is 14.7 Å². The summed E-state index contributed by atoms with van der Waals surface area (Å²) in [7, 11) is 0. The highest BCUT2D eigenvalue weighted by atomic mass is 35.5. The molecular weight excluding hydrogens is 557 g/mol. The Kier molecular flexibility index (Phi) is 9.62. The van der Waals surface area contributed by atoms with E-state index in [2.05, 4.69) is 15.3 Å². The number of carboxylic acids is 1. The lowest BCUT2D eigenvalue weighted by Gasteiger charge is -2.40. The van der Waals surface area contributed by atoms with Gasteiger partial charge in [0.1, 0.15) is 11.9 Å². The fourth-order valence-corrected chi connectivity index (χ4v) is 5.87. The van der Waals surface area contributed by atoms with Crippen molar-refractivity contribution < 1.29 is 32.6 Å². The van der Waals surface area contributed by atoms with Crippen molar-refractivity contribution >= 4 is 40.7 Å². The molecule has 3 unspecified atom stereocenters. The highest BCUT2D eigenvalue weighted by Gasteiger charge is 2.37. The van der Waals surface area contributed by atoms with Gasteiger partial charge in [-0.25, -0.2) is 22.9 Å². The van der Waals surface area contributed by atoms with Crippen LogP contribution in [0.15, 0.2) is 46.0 Å². The number of esters is 1. The molecule has 2 aliphatic heterocycles. The molecule has 1 aromatic heterocycles. The summed E-state index contributed by atoms with van der Waals surface area (Å²) in [5, 5.41) is 14.4. The van der Waals surface area contributed by atoms with Crippen LogP contribution in [-0.4, -0.2) is 64.9 Å². The Labute approximate surface area is 232 Å². The Morgan fingerprint density at radius 2 is 2.15 bits per heavy atom. The molecular formula is C26H28ClF3N4O4S. The number of amidine groups is 1. The van der Waals surface area contributed by atoms with E-state index in [4.69, 9.17) is 16.3 Å². The average molecular weight is 585 g/mol. The monoisotopic (exact) mass is 584 g/mol. The molecule has 2 aromatic rings. The lowest BCUT2D eigenvalue weighted by atomic mass is 9.86. The lowest BCUT2D eigenvalue weighted by Crippen LogP contribution is -2.47. The van der Waals surface area contributed by atoms with Crippen molar-refractivity contribution in [1.82, 2.24) is 15.2 Å². The van der Waals surface area contributed by atoms with Crippen LogP contribution >= 0.6 is 22.9 Å². The van der Waals surface area contributed by atoms with Crippen molar-refractivity contribution in [2.75, 3.05) is 19.7 Å². The largest absolute Gasteiger partial charge is 0.481 e. The van der Waals surface area contributed by atoms with Crippen LogP contribution in [0.5, 0.6) is 0 Å². The Morgan fingerprint density at radius 3 is 2.82 bits per heavy atom. The number of thiazole rings is 1. The van der Waals surface area contributed by atoms with E-state index in [0.29, 0.717) is 29.5 Å². The molecule has 8 nitrogen and oxygen atoms in total. The lowest BCUT2D eigenvalue weighted by molar-refractivity contribution is -0.140. The van der Waals surface area contributed by atoms with Crippen LogP contribution in [-0.2, 0) is 14.3 Å². The van der Waals surface area contributed by atoms with Crippen LogP contribution in [0.3, 0.4) is 0 Å². The summed E-state index contributed by atoms with van der Waals surface area (Å²) in [5.74, 6) is -2.25. The van der Waals surface area contributed by atoms with Crippen LogP contribution in [0, 0.1) is 11.7 Å². The van der Waals surface area contributed by atoms with E-state index < -0.39 is 42.7 Å². The van der Waals surface area contributed by atoms with Crippen molar-refractivity contribution in [3.63, 3.8) is 0 Å². The molecule has 0 radical (unpaired) electrons. The van der Waals surface area contributed by atoms with Gasteiger partial charge in [0.15, 0.2) is 10.8 Å². The van der Waals surface area contributed by atoms with Crippen LogP contribution < -0.4 is 5.32 Å². The minimum absolute atomic E-state index is 0.0547. The van der Waals surface area contributed by atoms with Gasteiger partial charge < -0.3 is 15.2 Å². The van der Waals surface area contributed by atoms with Gasteiger partial charge in [-0.05, 0) is 38.3 Å². The van der Waals surface area contributed by atoms with E-state index in [1.165, 1.54) is 23.5 Å². The Bertz CT molecular complexity index is 1260. The Balaban J connectivity index is 1.77. The number of halogens is 4. The van der Waals surface area contributed by atoms with E-state index in [1.54, 1.807) is 24.6 Å². The zero-order valence-corrected chi connectivity index (χ0v) is 22.7. The molecule has 13 heteroatoms. The van der Waals surface area contributed by atoms with Gasteiger partial charge in [-0.15, -0.1) is 11.3 Å². The number of hydrogen-bond donors (Lipinski definition) is 2. The van der Waals surface area contributed by atoms with E-state index in [0.717, 1.165) is 0 Å². The molecule has 0 amide bonds. The molecule has 2 N–H and O–H groups in total. The van der Waals surface area contributed by atoms with E-state index in [1.807, 2.05) is 4.90 Å². The van der Waals surface area contributed by atoms with Crippen molar-refractivity contribution in [2.45, 2.75) is 51.1 Å². The smallest absolute Gasteiger partial charge is 0.338 e. The maximum Gasteiger partial charge on any atom is 0.338 e. The first-order valence-corrected chi connectivity index (χ1v) is 13.8. The summed E-state index contributed by atoms with van der Waals surface area (Å²) in [6, 6.07) is 2.58. The van der Waals surface area contributed by atoms with Gasteiger partial charge in [-0.2, -0.15) is 0 Å². The Morgan fingerprint density at radius 1 is 1.36 bits per heavy atom. The summed E-state index contributed by atoms with van der Waals surface area (Å²) in [6.07, 6.45) is -0.754. The van der Waals surface area contributed by atoms with Crippen molar-refractivity contribution in [3.05, 3.63) is 62.5 Å². The fraction of sp³-hybridized carbons (Fsp3) is 0.462. The number of alkyl halides is 2. The number of nitrogens with zero attached hydrogens (tertiary/aromatic N) is 3. The third-order valence-corrected chi connectivity index (χ3v) is 7.93. The molecule has 0 aliphatic carbocycles. The number of benzene rings is 1. The SMILES string of the molecule is CCOC(=O)C1=C(CN2CCC(CC(=O)O)CC2CC(F)F)NC(c2nccs2)=NC1c1cccc(F)c1Cl. The van der Waals surface area contributed by atoms with Crippen LogP contribution in [0.2, 0.25) is 5.02 Å². The van der Waals surface area contributed by atoms with Gasteiger partial charge >= 0.3 is 11.9 Å². The Hall–Kier alpha value is -2.96. The van der Waals surface area contributed by atoms with Crippen molar-refractivity contribution in [1.29, 1.82) is 0 Å². The molecule has 1 fully saturated rings. The standard InChI is InChI=1S/C26H28ClF3N4O4S/c1-2-38-26(37)21-18(13-34-8-6-14(11-20(35)36)10-15(34)12-19(29)30)32-24(25-31-7-9-39-25)33-23(21)16-4-3-5-17(28)22(16)27/h3-5,7,9,14-15,19,23H,2,6,8,10-13H2,1H3,(H,32,33)(H,35,36). The number of carbonyl (C=O) groups excluding carboxylic acids is 1. The number of piperidine rings is 1. The van der Waals surface area contributed by atoms with Gasteiger partial charge in [0.05, 0.1) is 17.2 Å². The number of aromatic nitrogens is 1. The third-order valence-electron chi connectivity index (χ3n) is 6.75. The molecule has 3 heterocycles. The second-order valence-corrected chi connectivity index (χ2v) is 10.6. The maximum atomic E-state index is 14.5. The zero-order valence-electron chi connectivity index (χ0n) is 21.1. The zero-order chi connectivity index (χ0) is 28.1. The summed E-state index contributed by atoms with van der Waals surface area (Å²) in [5.41, 5.74) is 0.695. The first kappa shape index (κ1) is 29.0. The molecule has 0 spiro atoms. The minimum Gasteiger partial charge on any atom is -0.481 e. The predicted octanol–water partition coefficient (Wildman–Crippen LogP) is 5.05. The van der Waals surface area contributed by atoms with E-state index in [-0.39, 0.29) is 48.1 Å². The summed E-state index contributed by atoms with van der Waals surface area (Å²) >= 11 is 7.63. The quantitative estimate of drug-likeness (QED) is 0.376. The van der Waals surface area contributed by atoms with Gasteiger partial charge in [0, 0.05) is 48.3 Å². The topological polar surface area (TPSA) is 104 Å². The summed E-state index contributed by atoms with van der Waals surface area (Å²) in [6.45, 7) is 2.12. The van der Waals surface area contributed by atoms with Crippen LogP contribution in [0.4, 0.5) is 13.2 Å². The number of rotatable bonds is 10. The highest BCUT2D eigenvalue weighted by molar-refractivity contribution is 7.11. The average Bonchev–Trinajstić information content (AvgIpc) is 3.41. The summed E-state index contributed by atoms with van der Waals surface area (Å²) in [4.78, 5) is 35.4. The molecule has 0 bridgehead atoms. The molecule has 39 heavy (non-hydrogen) atoms. The molecule has 1 saturated heterocycles. The molecule has 0 saturated carbocycles. The normalized spacial score (nSPS) is 22.0. The highest BCUT2D eigenvalue weighted by Crippen LogP contribution is 2.38. The molecule has 2 aliphatic rings. The number of hydrogen-bond acceptors (Lipinski definition) is 8. The number of carboxylic acid groups (broad SMARTS) is 1. The number of aliphatic carboxylic acids is 1. The second-order valence-electron chi connectivity index (χ2n) is 9.34. The van der Waals surface area contributed by atoms with Crippen LogP contribution in [0.25, 0.3) is 0 Å². The maximum absolute atomic E-state index is 14.5. The minimum atomic E-state index is -2.59. The van der Waals surface area contributed by atoms with Gasteiger partial charge in [0.25, 0.3) is 0 Å². The van der Waals surface area contributed by atoms with E-state index in [9.17, 15) is 27.9 Å². The van der Waals surface area contributed by atoms with E-state index >= 15 is 0 Å². The predicted molar refractivity (Wildman–Crippen MR) is 141 cm³/mol. The second kappa shape index (κ2) is 12.9. The van der Waals surface area contributed by atoms with Crippen molar-refractivity contribution in [3.8, 4) is 0 Å². The molecule has 3 atom stereocenters. The number of likely N-dealkylation sites (tertiary alicyclic amines) is 1. The number of carbonyl (C=O) groups is 2. The number of nitrogens with one attached hydrogen (secondary N) is 1. The van der Waals surface area contributed by atoms with Crippen molar-refractivity contribution in [2.24, 2.45) is 10.9 Å².